The summed E-state index contributed by atoms with van der Waals surface area (Å²) < 4.78 is 36.8. The van der Waals surface area contributed by atoms with Crippen molar-refractivity contribution < 1.29 is 38.0 Å². The first-order valence-electron chi connectivity index (χ1n) is 23.7. The van der Waals surface area contributed by atoms with E-state index in [1.807, 2.05) is 104 Å². The molecule has 67 heavy (non-hydrogen) atoms. The number of amides is 1. The number of benzene rings is 4. The molecule has 1 aromatic heterocycles. The van der Waals surface area contributed by atoms with Crippen molar-refractivity contribution in [2.75, 3.05) is 73.2 Å². The maximum Gasteiger partial charge on any atom is 0.310 e. The molecule has 0 aliphatic carbocycles. The van der Waals surface area contributed by atoms with E-state index in [2.05, 4.69) is 15.1 Å². The third-order valence-electron chi connectivity index (χ3n) is 12.9. The van der Waals surface area contributed by atoms with E-state index in [1.165, 1.54) is 6.42 Å². The summed E-state index contributed by atoms with van der Waals surface area (Å²) in [5.74, 6) is 2.31. The second-order valence-electron chi connectivity index (χ2n) is 17.5. The summed E-state index contributed by atoms with van der Waals surface area (Å²) in [6, 6.07) is 29.2. The fourth-order valence-electron chi connectivity index (χ4n) is 9.54. The van der Waals surface area contributed by atoms with Crippen LogP contribution in [0.4, 0.5) is 0 Å². The maximum absolute atomic E-state index is 13.9. The van der Waals surface area contributed by atoms with Gasteiger partial charge in [0.05, 0.1) is 69.9 Å². The van der Waals surface area contributed by atoms with Gasteiger partial charge >= 0.3 is 5.97 Å². The Kier molecular flexibility index (Phi) is 16.5. The highest BCUT2D eigenvalue weighted by Crippen LogP contribution is 2.35. The van der Waals surface area contributed by atoms with E-state index in [4.69, 9.17) is 33.4 Å². The number of piperidine rings is 2. The van der Waals surface area contributed by atoms with Gasteiger partial charge in [-0.3, -0.25) is 34.1 Å². The van der Waals surface area contributed by atoms with Gasteiger partial charge in [0.1, 0.15) is 29.2 Å². The summed E-state index contributed by atoms with van der Waals surface area (Å²) in [5.41, 5.74) is 4.18. The summed E-state index contributed by atoms with van der Waals surface area (Å²) in [6.45, 7) is 9.67. The number of aryl methyl sites for hydroxylation is 1. The van der Waals surface area contributed by atoms with Gasteiger partial charge in [-0.1, -0.05) is 60.5 Å². The molecule has 0 spiro atoms. The monoisotopic (exact) mass is 916 g/mol. The van der Waals surface area contributed by atoms with Crippen LogP contribution in [0, 0.1) is 6.92 Å². The smallest absolute Gasteiger partial charge is 0.310 e. The van der Waals surface area contributed by atoms with Crippen LogP contribution >= 0.6 is 0 Å². The molecule has 356 valence electrons. The number of carbonyl (C=O) groups excluding carboxylic acids is 2. The molecule has 5 aromatic rings. The molecule has 2 bridgehead atoms. The number of nitrogens with zero attached hydrogens (tertiary/aromatic N) is 5. The molecule has 0 saturated carbocycles. The Morgan fingerprint density at radius 3 is 2.36 bits per heavy atom. The van der Waals surface area contributed by atoms with Gasteiger partial charge in [0.2, 0.25) is 0 Å². The fraction of sp³-hybridized carbons (Fsp3) is 0.462. The number of rotatable bonds is 21. The van der Waals surface area contributed by atoms with Crippen molar-refractivity contribution in [1.82, 2.24) is 29.6 Å². The maximum atomic E-state index is 13.9. The van der Waals surface area contributed by atoms with Crippen molar-refractivity contribution in [3.63, 3.8) is 0 Å². The molecule has 15 heteroatoms. The first kappa shape index (κ1) is 47.6. The molecule has 2 unspecified atom stereocenters. The molecule has 8 rings (SSSR count). The largest absolute Gasteiger partial charge is 0.496 e. The van der Waals surface area contributed by atoms with E-state index in [-0.39, 0.29) is 36.6 Å². The SMILES string of the molecule is CCOc1ccccc1-n1c(CN2CCN(C(=O)COc3ccc(CNCOCCOCN4C5CCCC4CC(OC(=O)Cc4cc(C)ccc4OC)C5)cc3)CC2)nc2ccccc2c1=O. The Balaban J connectivity index is 0.703. The number of ether oxygens (including phenoxy) is 6. The highest BCUT2D eigenvalue weighted by Gasteiger charge is 2.39. The molecule has 3 saturated heterocycles. The van der Waals surface area contributed by atoms with Crippen molar-refractivity contribution in [2.24, 2.45) is 0 Å². The summed E-state index contributed by atoms with van der Waals surface area (Å²) >= 11 is 0. The third kappa shape index (κ3) is 12.4. The standard InChI is InChI=1S/C52H64N6O9/c1-4-65-48-15-8-7-14-46(48)58-49(54-45-13-6-5-12-44(45)52(58)61)33-55-22-24-56(25-23-55)50(59)34-66-42-19-17-38(18-20-42)32-53-35-63-26-27-64-36-57-40-10-9-11-41(57)31-43(30-40)67-51(60)29-39-28-37(2)16-21-47(39)62-3/h5-8,12-21,28,40-41,43,53H,4,9-11,22-27,29-36H2,1-3H3. The molecular formula is C52H64N6O9. The number of esters is 1. The van der Waals surface area contributed by atoms with Gasteiger partial charge < -0.3 is 33.3 Å². The molecule has 4 heterocycles. The summed E-state index contributed by atoms with van der Waals surface area (Å²) in [7, 11) is 1.62. The molecule has 2 atom stereocenters. The average molecular weight is 917 g/mol. The molecule has 1 amide bonds. The van der Waals surface area contributed by atoms with E-state index in [1.54, 1.807) is 17.7 Å². The van der Waals surface area contributed by atoms with Crippen LogP contribution in [0.15, 0.2) is 95.8 Å². The van der Waals surface area contributed by atoms with Crippen LogP contribution in [0.5, 0.6) is 17.2 Å². The lowest BCUT2D eigenvalue weighted by molar-refractivity contribution is -0.157. The third-order valence-corrected chi connectivity index (χ3v) is 12.9. The number of piperazine rings is 1. The van der Waals surface area contributed by atoms with Crippen molar-refractivity contribution in [3.8, 4) is 22.9 Å². The van der Waals surface area contributed by atoms with E-state index < -0.39 is 0 Å². The van der Waals surface area contributed by atoms with Gasteiger partial charge in [-0.2, -0.15) is 0 Å². The second-order valence-corrected chi connectivity index (χ2v) is 17.5. The highest BCUT2D eigenvalue weighted by atomic mass is 16.5. The molecule has 3 aliphatic rings. The summed E-state index contributed by atoms with van der Waals surface area (Å²) in [4.78, 5) is 51.4. The number of para-hydroxylation sites is 3. The normalized spacial score (nSPS) is 18.7. The molecule has 0 radical (unpaired) electrons. The average Bonchev–Trinajstić information content (AvgIpc) is 3.33. The van der Waals surface area contributed by atoms with Crippen LogP contribution in [-0.2, 0) is 43.3 Å². The van der Waals surface area contributed by atoms with Crippen molar-refractivity contribution in [1.29, 1.82) is 0 Å². The Morgan fingerprint density at radius 1 is 0.836 bits per heavy atom. The van der Waals surface area contributed by atoms with Crippen molar-refractivity contribution in [3.05, 3.63) is 124 Å². The van der Waals surface area contributed by atoms with Crippen LogP contribution in [-0.4, -0.2) is 127 Å². The van der Waals surface area contributed by atoms with Gasteiger partial charge in [0.25, 0.3) is 11.5 Å². The second kappa shape index (κ2) is 23.3. The quantitative estimate of drug-likeness (QED) is 0.0520. The van der Waals surface area contributed by atoms with Crippen LogP contribution < -0.4 is 25.1 Å². The predicted octanol–water partition coefficient (Wildman–Crippen LogP) is 6.03. The summed E-state index contributed by atoms with van der Waals surface area (Å²) in [6.07, 6.45) is 5.13. The molecule has 1 N–H and O–H groups in total. The Bertz CT molecular complexity index is 2480. The van der Waals surface area contributed by atoms with Gasteiger partial charge in [0, 0.05) is 63.2 Å². The highest BCUT2D eigenvalue weighted by molar-refractivity contribution is 5.79. The minimum Gasteiger partial charge on any atom is -0.496 e. The number of carbonyl (C=O) groups is 2. The van der Waals surface area contributed by atoms with E-state index >= 15 is 0 Å². The van der Waals surface area contributed by atoms with Crippen molar-refractivity contribution in [2.45, 2.75) is 83.6 Å². The first-order valence-corrected chi connectivity index (χ1v) is 23.7. The first-order chi connectivity index (χ1) is 32.8. The Hall–Kier alpha value is -5.84. The summed E-state index contributed by atoms with van der Waals surface area (Å²) in [5, 5.41) is 3.86. The number of nitrogens with one attached hydrogen (secondary N) is 1. The number of hydrogen-bond donors (Lipinski definition) is 1. The van der Waals surface area contributed by atoms with Crippen LogP contribution in [0.25, 0.3) is 16.6 Å². The van der Waals surface area contributed by atoms with Crippen molar-refractivity contribution >= 4 is 22.8 Å². The Labute approximate surface area is 392 Å². The van der Waals surface area contributed by atoms with Crippen LogP contribution in [0.2, 0.25) is 0 Å². The fourth-order valence-corrected chi connectivity index (χ4v) is 9.54. The Morgan fingerprint density at radius 2 is 1.58 bits per heavy atom. The number of fused-ring (bicyclic) bond motifs is 3. The minimum absolute atomic E-state index is 0.0478. The lowest BCUT2D eigenvalue weighted by Gasteiger charge is -2.48. The van der Waals surface area contributed by atoms with Crippen LogP contribution in [0.1, 0.15) is 61.5 Å². The van der Waals surface area contributed by atoms with Gasteiger partial charge in [0.15, 0.2) is 6.61 Å². The number of aromatic nitrogens is 2. The predicted molar refractivity (Wildman–Crippen MR) is 255 cm³/mol. The zero-order valence-corrected chi connectivity index (χ0v) is 39.0. The number of hydrogen-bond acceptors (Lipinski definition) is 13. The van der Waals surface area contributed by atoms with E-state index in [0.29, 0.717) is 124 Å². The van der Waals surface area contributed by atoms with Gasteiger partial charge in [-0.05, 0) is 74.7 Å². The lowest BCUT2D eigenvalue weighted by atomic mass is 9.83. The van der Waals surface area contributed by atoms with Crippen LogP contribution in [0.3, 0.4) is 0 Å². The lowest BCUT2D eigenvalue weighted by Crippen LogP contribution is -2.54. The zero-order valence-electron chi connectivity index (χ0n) is 39.0. The van der Waals surface area contributed by atoms with E-state index in [9.17, 15) is 14.4 Å². The number of methoxy groups -OCH3 is 1. The molecule has 3 aliphatic heterocycles. The van der Waals surface area contributed by atoms with Gasteiger partial charge in [-0.25, -0.2) is 4.98 Å². The molecular weight excluding hydrogens is 853 g/mol. The topological polar surface area (TPSA) is 146 Å². The molecule has 3 fully saturated rings. The zero-order chi connectivity index (χ0) is 46.5. The minimum atomic E-state index is -0.204. The van der Waals surface area contributed by atoms with Gasteiger partial charge in [-0.15, -0.1) is 0 Å². The molecule has 15 nitrogen and oxygen atoms in total. The van der Waals surface area contributed by atoms with E-state index in [0.717, 1.165) is 42.4 Å². The molecule has 4 aromatic carbocycles.